The zero-order valence-electron chi connectivity index (χ0n) is 17.2. The smallest absolute Gasteiger partial charge is 0.156 e. The number of rotatable bonds is 4. The van der Waals surface area contributed by atoms with Gasteiger partial charge in [0.05, 0.1) is 22.6 Å². The standard InChI is InChI=1S/C26H17ClN4O2/c27-17-10-11-23(32)19(13-17)21-14-22(29-28-21)20-15-31(18-7-2-1-3-8-18)30-26(20)25-12-16-6-4-5-9-24(16)33-25/h1-15,32H,(H,28,29). The van der Waals surface area contributed by atoms with Gasteiger partial charge in [0.15, 0.2) is 5.76 Å². The fourth-order valence-corrected chi connectivity index (χ4v) is 4.05. The number of H-pyrrole nitrogens is 1. The molecule has 6 rings (SSSR count). The van der Waals surface area contributed by atoms with Crippen LogP contribution in [-0.4, -0.2) is 25.1 Å². The molecule has 0 fully saturated rings. The summed E-state index contributed by atoms with van der Waals surface area (Å²) in [5, 5.41) is 24.2. The second-order valence-electron chi connectivity index (χ2n) is 7.65. The van der Waals surface area contributed by atoms with Gasteiger partial charge in [-0.1, -0.05) is 48.0 Å². The van der Waals surface area contributed by atoms with Crippen molar-refractivity contribution < 1.29 is 9.52 Å². The molecule has 160 valence electrons. The van der Waals surface area contributed by atoms with Crippen LogP contribution in [0.15, 0.2) is 95.5 Å². The predicted octanol–water partition coefficient (Wildman–Crippen LogP) is 6.70. The van der Waals surface area contributed by atoms with Crippen LogP contribution >= 0.6 is 11.6 Å². The second-order valence-corrected chi connectivity index (χ2v) is 8.08. The maximum absolute atomic E-state index is 10.3. The van der Waals surface area contributed by atoms with Gasteiger partial charge < -0.3 is 9.52 Å². The van der Waals surface area contributed by atoms with Crippen LogP contribution in [0.4, 0.5) is 0 Å². The van der Waals surface area contributed by atoms with Crippen molar-refractivity contribution in [1.29, 1.82) is 0 Å². The molecular formula is C26H17ClN4O2. The van der Waals surface area contributed by atoms with E-state index in [0.717, 1.165) is 22.2 Å². The van der Waals surface area contributed by atoms with Crippen LogP contribution < -0.4 is 0 Å². The quantitative estimate of drug-likeness (QED) is 0.312. The Bertz CT molecular complexity index is 1560. The van der Waals surface area contributed by atoms with Crippen molar-refractivity contribution in [2.75, 3.05) is 0 Å². The summed E-state index contributed by atoms with van der Waals surface area (Å²) in [5.74, 6) is 0.767. The molecule has 3 aromatic heterocycles. The van der Waals surface area contributed by atoms with E-state index in [-0.39, 0.29) is 5.75 Å². The van der Waals surface area contributed by atoms with Crippen molar-refractivity contribution in [2.45, 2.75) is 0 Å². The number of aromatic hydroxyl groups is 1. The van der Waals surface area contributed by atoms with Crippen LogP contribution in [0.3, 0.4) is 0 Å². The number of aromatic nitrogens is 4. The number of halogens is 1. The molecular weight excluding hydrogens is 436 g/mol. The number of hydrogen-bond donors (Lipinski definition) is 2. The van der Waals surface area contributed by atoms with Gasteiger partial charge in [-0.3, -0.25) is 5.10 Å². The molecule has 0 amide bonds. The van der Waals surface area contributed by atoms with E-state index in [1.165, 1.54) is 0 Å². The molecule has 0 radical (unpaired) electrons. The van der Waals surface area contributed by atoms with Crippen molar-refractivity contribution in [2.24, 2.45) is 0 Å². The van der Waals surface area contributed by atoms with Gasteiger partial charge in [0.25, 0.3) is 0 Å². The molecule has 7 heteroatoms. The Morgan fingerprint density at radius 1 is 0.879 bits per heavy atom. The second kappa shape index (κ2) is 7.69. The van der Waals surface area contributed by atoms with Crippen LogP contribution in [0.1, 0.15) is 0 Å². The Morgan fingerprint density at radius 3 is 2.55 bits per heavy atom. The molecule has 0 bridgehead atoms. The minimum absolute atomic E-state index is 0.118. The predicted molar refractivity (Wildman–Crippen MR) is 128 cm³/mol. The molecule has 0 atom stereocenters. The number of hydrogen-bond acceptors (Lipinski definition) is 4. The topological polar surface area (TPSA) is 79.9 Å². The first kappa shape index (κ1) is 19.4. The molecule has 2 N–H and O–H groups in total. The fraction of sp³-hybridized carbons (Fsp3) is 0. The molecule has 3 aromatic carbocycles. The first-order valence-corrected chi connectivity index (χ1v) is 10.7. The summed E-state index contributed by atoms with van der Waals surface area (Å²) in [6.45, 7) is 0. The van der Waals surface area contributed by atoms with Gasteiger partial charge >= 0.3 is 0 Å². The SMILES string of the molecule is Oc1ccc(Cl)cc1-c1cc(-c2cn(-c3ccccc3)nc2-c2cc3ccccc3o2)n[nH]1. The fourth-order valence-electron chi connectivity index (χ4n) is 3.88. The van der Waals surface area contributed by atoms with Crippen LogP contribution in [0.25, 0.3) is 50.6 Å². The summed E-state index contributed by atoms with van der Waals surface area (Å²) < 4.78 is 7.93. The highest BCUT2D eigenvalue weighted by molar-refractivity contribution is 6.31. The molecule has 0 aliphatic rings. The summed E-state index contributed by atoms with van der Waals surface area (Å²) in [5.41, 5.74) is 5.06. The van der Waals surface area contributed by atoms with Crippen LogP contribution in [-0.2, 0) is 0 Å². The Hall–Kier alpha value is -4.29. The first-order valence-electron chi connectivity index (χ1n) is 10.3. The molecule has 33 heavy (non-hydrogen) atoms. The Labute approximate surface area is 193 Å². The van der Waals surface area contributed by atoms with E-state index in [1.54, 1.807) is 18.2 Å². The summed E-state index contributed by atoms with van der Waals surface area (Å²) >= 11 is 6.13. The monoisotopic (exact) mass is 452 g/mol. The van der Waals surface area contributed by atoms with Crippen molar-refractivity contribution in [3.63, 3.8) is 0 Å². The average molecular weight is 453 g/mol. The zero-order valence-corrected chi connectivity index (χ0v) is 18.0. The summed E-state index contributed by atoms with van der Waals surface area (Å²) in [6.07, 6.45) is 1.93. The Balaban J connectivity index is 1.52. The molecule has 0 saturated heterocycles. The molecule has 0 saturated carbocycles. The van der Waals surface area contributed by atoms with Crippen molar-refractivity contribution in [1.82, 2.24) is 20.0 Å². The third-order valence-corrected chi connectivity index (χ3v) is 5.73. The summed E-state index contributed by atoms with van der Waals surface area (Å²) in [7, 11) is 0. The van der Waals surface area contributed by atoms with Gasteiger partial charge in [-0.05, 0) is 48.5 Å². The van der Waals surface area contributed by atoms with E-state index in [0.29, 0.717) is 33.4 Å². The Morgan fingerprint density at radius 2 is 1.70 bits per heavy atom. The first-order chi connectivity index (χ1) is 16.2. The van der Waals surface area contributed by atoms with Gasteiger partial charge in [0.2, 0.25) is 0 Å². The molecule has 6 nitrogen and oxygen atoms in total. The number of furan rings is 1. The van der Waals surface area contributed by atoms with Gasteiger partial charge in [-0.2, -0.15) is 10.2 Å². The summed E-state index contributed by atoms with van der Waals surface area (Å²) in [4.78, 5) is 0. The van der Waals surface area contributed by atoms with Crippen molar-refractivity contribution >= 4 is 22.6 Å². The van der Waals surface area contributed by atoms with E-state index in [1.807, 2.05) is 77.6 Å². The van der Waals surface area contributed by atoms with Gasteiger partial charge in [-0.15, -0.1) is 0 Å². The minimum atomic E-state index is 0.118. The minimum Gasteiger partial charge on any atom is -0.507 e. The van der Waals surface area contributed by atoms with Crippen molar-refractivity contribution in [3.8, 4) is 45.4 Å². The lowest BCUT2D eigenvalue weighted by Crippen LogP contribution is -1.93. The number of para-hydroxylation sites is 2. The van der Waals surface area contributed by atoms with Crippen LogP contribution in [0.5, 0.6) is 5.75 Å². The lowest BCUT2D eigenvalue weighted by molar-refractivity contribution is 0.477. The van der Waals surface area contributed by atoms with Crippen LogP contribution in [0.2, 0.25) is 5.02 Å². The molecule has 0 aliphatic heterocycles. The van der Waals surface area contributed by atoms with E-state index in [2.05, 4.69) is 10.2 Å². The average Bonchev–Trinajstić information content (AvgIpc) is 3.58. The number of nitrogens with one attached hydrogen (secondary N) is 1. The lowest BCUT2D eigenvalue weighted by atomic mass is 10.1. The number of phenolic OH excluding ortho intramolecular Hbond substituents is 1. The van der Waals surface area contributed by atoms with E-state index >= 15 is 0 Å². The van der Waals surface area contributed by atoms with Gasteiger partial charge in [0, 0.05) is 22.2 Å². The number of fused-ring (bicyclic) bond motifs is 1. The molecule has 0 spiro atoms. The number of nitrogens with zero attached hydrogens (tertiary/aromatic N) is 3. The maximum Gasteiger partial charge on any atom is 0.156 e. The highest BCUT2D eigenvalue weighted by Gasteiger charge is 2.20. The zero-order chi connectivity index (χ0) is 22.4. The summed E-state index contributed by atoms with van der Waals surface area (Å²) in [6, 6.07) is 26.5. The third-order valence-electron chi connectivity index (χ3n) is 5.50. The molecule has 6 aromatic rings. The number of benzene rings is 3. The largest absolute Gasteiger partial charge is 0.507 e. The number of phenols is 1. The highest BCUT2D eigenvalue weighted by atomic mass is 35.5. The van der Waals surface area contributed by atoms with Gasteiger partial charge in [-0.25, -0.2) is 4.68 Å². The van der Waals surface area contributed by atoms with Crippen molar-refractivity contribution in [3.05, 3.63) is 96.1 Å². The maximum atomic E-state index is 10.3. The normalized spacial score (nSPS) is 11.3. The van der Waals surface area contributed by atoms with Gasteiger partial charge in [0.1, 0.15) is 17.0 Å². The van der Waals surface area contributed by atoms with E-state index in [4.69, 9.17) is 21.1 Å². The third kappa shape index (κ3) is 3.46. The number of aromatic amines is 1. The Kier molecular flexibility index (Phi) is 4.52. The molecule has 0 unspecified atom stereocenters. The highest BCUT2D eigenvalue weighted by Crippen LogP contribution is 2.37. The lowest BCUT2D eigenvalue weighted by Gasteiger charge is -2.01. The van der Waals surface area contributed by atoms with E-state index < -0.39 is 0 Å². The van der Waals surface area contributed by atoms with E-state index in [9.17, 15) is 5.11 Å². The molecule has 0 aliphatic carbocycles. The van der Waals surface area contributed by atoms with Crippen LogP contribution in [0, 0.1) is 0 Å². The molecule has 3 heterocycles.